The van der Waals surface area contributed by atoms with E-state index in [0.717, 1.165) is 12.1 Å². The molecule has 0 aliphatic carbocycles. The molecule has 0 saturated heterocycles. The molecular weight excluding hydrogens is 350 g/mol. The minimum Gasteiger partial charge on any atom is -0.488 e. The second-order valence-electron chi connectivity index (χ2n) is 7.30. The molecule has 0 aromatic heterocycles. The van der Waals surface area contributed by atoms with Crippen LogP contribution in [0.1, 0.15) is 40.2 Å². The second kappa shape index (κ2) is 10.7. The number of ether oxygens (including phenoxy) is 2. The Morgan fingerprint density at radius 2 is 1.50 bits per heavy atom. The monoisotopic (exact) mass is 381 g/mol. The number of hydrogen-bond donors (Lipinski definition) is 0. The van der Waals surface area contributed by atoms with E-state index in [0.29, 0.717) is 30.2 Å². The summed E-state index contributed by atoms with van der Waals surface area (Å²) in [4.78, 5) is 14.5. The molecule has 4 nitrogen and oxygen atoms in total. The lowest BCUT2D eigenvalue weighted by Crippen LogP contribution is -2.39. The first-order valence-corrected chi connectivity index (χ1v) is 9.81. The fourth-order valence-electron chi connectivity index (χ4n) is 3.05. The van der Waals surface area contributed by atoms with Gasteiger partial charge in [-0.15, -0.1) is 0 Å². The van der Waals surface area contributed by atoms with Gasteiger partial charge in [0.15, 0.2) is 23.0 Å². The maximum absolute atomic E-state index is 12.1. The van der Waals surface area contributed by atoms with Crippen molar-refractivity contribution in [2.75, 3.05) is 13.2 Å². The minimum absolute atomic E-state index is 0.135. The fraction of sp³-hybridized carbons (Fsp3) is 0.375. The Labute approximate surface area is 168 Å². The van der Waals surface area contributed by atoms with Crippen LogP contribution in [0.5, 0.6) is 11.5 Å². The first-order chi connectivity index (χ1) is 13.4. The number of nitrogens with zero attached hydrogens (tertiary/aromatic N) is 1. The molecule has 2 aromatic rings. The van der Waals surface area contributed by atoms with Gasteiger partial charge in [-0.1, -0.05) is 42.5 Å². The number of benzene rings is 2. The summed E-state index contributed by atoms with van der Waals surface area (Å²) in [5.74, 6) is 1.33. The largest absolute Gasteiger partial charge is 0.488 e. The third-order valence-electron chi connectivity index (χ3n) is 4.45. The van der Waals surface area contributed by atoms with Gasteiger partial charge in [0, 0.05) is 25.6 Å². The maximum Gasteiger partial charge on any atom is 0.194 e. The average Bonchev–Trinajstić information content (AvgIpc) is 2.66. The van der Waals surface area contributed by atoms with Crippen molar-refractivity contribution in [2.45, 2.75) is 46.7 Å². The summed E-state index contributed by atoms with van der Waals surface area (Å²) in [5, 5.41) is 0. The van der Waals surface area contributed by atoms with Crippen LogP contribution in [0, 0.1) is 0 Å². The van der Waals surface area contributed by atoms with Gasteiger partial charge in [-0.3, -0.25) is 9.69 Å². The number of Topliss-reactive ketones (excluding diaryl/α,β-unsaturated/α-hetero) is 1. The zero-order chi connectivity index (χ0) is 20.5. The second-order valence-corrected chi connectivity index (χ2v) is 7.30. The van der Waals surface area contributed by atoms with Crippen LogP contribution in [0.2, 0.25) is 0 Å². The van der Waals surface area contributed by atoms with Crippen LogP contribution in [0.4, 0.5) is 0 Å². The quantitative estimate of drug-likeness (QED) is 0.419. The van der Waals surface area contributed by atoms with E-state index in [1.165, 1.54) is 6.92 Å². The zero-order valence-electron chi connectivity index (χ0n) is 17.5. The Hall–Kier alpha value is -2.59. The van der Waals surface area contributed by atoms with Gasteiger partial charge in [0.05, 0.1) is 0 Å². The Balaban J connectivity index is 2.12. The third-order valence-corrected chi connectivity index (χ3v) is 4.45. The van der Waals surface area contributed by atoms with E-state index in [4.69, 9.17) is 9.47 Å². The van der Waals surface area contributed by atoms with E-state index in [1.807, 2.05) is 54.6 Å². The molecule has 0 heterocycles. The molecule has 0 spiro atoms. The molecule has 0 fully saturated rings. The van der Waals surface area contributed by atoms with Crippen molar-refractivity contribution in [3.05, 3.63) is 65.9 Å². The number of carbonyl (C=O) groups is 1. The third kappa shape index (κ3) is 6.54. The summed E-state index contributed by atoms with van der Waals surface area (Å²) in [6, 6.07) is 18.0. The average molecular weight is 382 g/mol. The Kier molecular flexibility index (Phi) is 8.27. The molecule has 0 aliphatic heterocycles. The number of hydrogen-bond acceptors (Lipinski definition) is 4. The molecule has 150 valence electrons. The minimum atomic E-state index is -0.135. The van der Waals surface area contributed by atoms with E-state index >= 15 is 0 Å². The first-order valence-electron chi connectivity index (χ1n) is 9.81. The van der Waals surface area contributed by atoms with Gasteiger partial charge in [-0.2, -0.15) is 0 Å². The van der Waals surface area contributed by atoms with Crippen molar-refractivity contribution in [2.24, 2.45) is 0 Å². The van der Waals surface area contributed by atoms with Crippen molar-refractivity contribution in [1.29, 1.82) is 0 Å². The number of carbonyl (C=O) groups excluding carboxylic acids is 1. The standard InChI is InChI=1S/C24H31NO3/c1-18(2)25(19(3)4)15-16-27-22-13-9-10-14-23(22)28-24(20(5)26)17-21-11-7-6-8-12-21/h6-14,17-19H,15-16H2,1-5H3/b24-17+. The van der Waals surface area contributed by atoms with Gasteiger partial charge in [-0.05, 0) is 51.5 Å². The molecule has 2 rings (SSSR count). The van der Waals surface area contributed by atoms with Crippen LogP contribution in [-0.4, -0.2) is 35.9 Å². The summed E-state index contributed by atoms with van der Waals surface area (Å²) in [7, 11) is 0. The van der Waals surface area contributed by atoms with Gasteiger partial charge in [-0.25, -0.2) is 0 Å². The molecule has 0 N–H and O–H groups in total. The van der Waals surface area contributed by atoms with Gasteiger partial charge >= 0.3 is 0 Å². The summed E-state index contributed by atoms with van der Waals surface area (Å²) < 4.78 is 11.9. The van der Waals surface area contributed by atoms with Crippen molar-refractivity contribution in [3.63, 3.8) is 0 Å². The summed E-state index contributed by atoms with van der Waals surface area (Å²) in [6.45, 7) is 11.6. The van der Waals surface area contributed by atoms with Crippen LogP contribution >= 0.6 is 0 Å². The molecule has 0 unspecified atom stereocenters. The van der Waals surface area contributed by atoms with Crippen LogP contribution < -0.4 is 9.47 Å². The highest BCUT2D eigenvalue weighted by molar-refractivity contribution is 5.96. The lowest BCUT2D eigenvalue weighted by Gasteiger charge is -2.30. The van der Waals surface area contributed by atoms with Crippen LogP contribution in [0.3, 0.4) is 0 Å². The first kappa shape index (κ1) is 21.7. The van der Waals surface area contributed by atoms with Crippen molar-refractivity contribution >= 4 is 11.9 Å². The molecule has 0 saturated carbocycles. The van der Waals surface area contributed by atoms with E-state index in [1.54, 1.807) is 6.08 Å². The van der Waals surface area contributed by atoms with Crippen LogP contribution in [0.15, 0.2) is 60.4 Å². The smallest absolute Gasteiger partial charge is 0.194 e. The van der Waals surface area contributed by atoms with E-state index in [2.05, 4.69) is 32.6 Å². The Morgan fingerprint density at radius 3 is 2.07 bits per heavy atom. The number of para-hydroxylation sites is 2. The van der Waals surface area contributed by atoms with Gasteiger partial charge in [0.2, 0.25) is 0 Å². The highest BCUT2D eigenvalue weighted by Gasteiger charge is 2.15. The predicted molar refractivity (Wildman–Crippen MR) is 115 cm³/mol. The lowest BCUT2D eigenvalue weighted by molar-refractivity contribution is -0.115. The van der Waals surface area contributed by atoms with Crippen LogP contribution in [-0.2, 0) is 4.79 Å². The molecule has 0 atom stereocenters. The maximum atomic E-state index is 12.1. The van der Waals surface area contributed by atoms with E-state index in [-0.39, 0.29) is 11.5 Å². The number of rotatable bonds is 10. The zero-order valence-corrected chi connectivity index (χ0v) is 17.5. The van der Waals surface area contributed by atoms with Gasteiger partial charge < -0.3 is 9.47 Å². The molecular formula is C24H31NO3. The Bertz CT molecular complexity index is 773. The molecule has 0 bridgehead atoms. The van der Waals surface area contributed by atoms with E-state index in [9.17, 15) is 4.79 Å². The summed E-state index contributed by atoms with van der Waals surface area (Å²) >= 11 is 0. The predicted octanol–water partition coefficient (Wildman–Crippen LogP) is 5.19. The highest BCUT2D eigenvalue weighted by atomic mass is 16.5. The molecule has 0 amide bonds. The molecule has 0 radical (unpaired) electrons. The number of ketones is 1. The highest BCUT2D eigenvalue weighted by Crippen LogP contribution is 2.29. The SMILES string of the molecule is CC(=O)/C(=C\c1ccccc1)Oc1ccccc1OCCN(C(C)C)C(C)C. The van der Waals surface area contributed by atoms with Crippen molar-refractivity contribution in [1.82, 2.24) is 4.90 Å². The van der Waals surface area contributed by atoms with Crippen molar-refractivity contribution in [3.8, 4) is 11.5 Å². The van der Waals surface area contributed by atoms with Crippen LogP contribution in [0.25, 0.3) is 6.08 Å². The normalized spacial score (nSPS) is 11.9. The van der Waals surface area contributed by atoms with E-state index < -0.39 is 0 Å². The topological polar surface area (TPSA) is 38.8 Å². The fourth-order valence-corrected chi connectivity index (χ4v) is 3.05. The molecule has 28 heavy (non-hydrogen) atoms. The molecule has 4 heteroatoms. The summed E-state index contributed by atoms with van der Waals surface area (Å²) in [5.41, 5.74) is 0.913. The molecule has 0 aliphatic rings. The number of allylic oxidation sites excluding steroid dienone is 1. The van der Waals surface area contributed by atoms with Gasteiger partial charge in [0.25, 0.3) is 0 Å². The lowest BCUT2D eigenvalue weighted by atomic mass is 10.2. The Morgan fingerprint density at radius 1 is 0.929 bits per heavy atom. The summed E-state index contributed by atoms with van der Waals surface area (Å²) in [6.07, 6.45) is 1.75. The van der Waals surface area contributed by atoms with Crippen molar-refractivity contribution < 1.29 is 14.3 Å². The molecule has 2 aromatic carbocycles. The van der Waals surface area contributed by atoms with Gasteiger partial charge in [0.1, 0.15) is 6.61 Å².